The highest BCUT2D eigenvalue weighted by Crippen LogP contribution is 2.46. The number of benzene rings is 2. The molecule has 5 rings (SSSR count). The van der Waals surface area contributed by atoms with E-state index >= 15 is 0 Å². The van der Waals surface area contributed by atoms with Crippen LogP contribution < -0.4 is 20.3 Å². The lowest BCUT2D eigenvalue weighted by Gasteiger charge is -2.31. The molecule has 31 heavy (non-hydrogen) atoms. The van der Waals surface area contributed by atoms with Gasteiger partial charge in [-0.2, -0.15) is 0 Å². The molecule has 0 saturated heterocycles. The molecule has 2 aromatic carbocycles. The van der Waals surface area contributed by atoms with Crippen LogP contribution in [0, 0.1) is 0 Å². The molecule has 2 aliphatic rings. The van der Waals surface area contributed by atoms with Crippen LogP contribution in [0.4, 0.5) is 5.69 Å². The standard InChI is InChI=1S/C25H24N2O4/c28-23(20-10-7-15-27(24(20)29)17-18-8-3-1-4-9-18)26-19-11-12-21-22(16-19)31-25(30-21)13-5-2-6-14-25/h1,3-4,7-12,15-16H,2,5-6,13-14,17H2,(H,26,28). The molecule has 158 valence electrons. The number of carbonyl (C=O) groups excluding carboxylic acids is 1. The van der Waals surface area contributed by atoms with Crippen molar-refractivity contribution in [2.45, 2.75) is 44.4 Å². The number of rotatable bonds is 4. The van der Waals surface area contributed by atoms with Gasteiger partial charge in [0.2, 0.25) is 0 Å². The number of ether oxygens (including phenoxy) is 2. The molecule has 1 N–H and O–H groups in total. The van der Waals surface area contributed by atoms with Gasteiger partial charge in [-0.3, -0.25) is 9.59 Å². The fraction of sp³-hybridized carbons (Fsp3) is 0.280. The van der Waals surface area contributed by atoms with Crippen molar-refractivity contribution in [1.82, 2.24) is 4.57 Å². The molecule has 1 saturated carbocycles. The van der Waals surface area contributed by atoms with Gasteiger partial charge in [0.1, 0.15) is 5.56 Å². The average Bonchev–Trinajstić information content (AvgIpc) is 3.12. The summed E-state index contributed by atoms with van der Waals surface area (Å²) in [6.07, 6.45) is 6.80. The number of nitrogens with zero attached hydrogens (tertiary/aromatic N) is 1. The number of amides is 1. The van der Waals surface area contributed by atoms with Gasteiger partial charge in [-0.25, -0.2) is 0 Å². The lowest BCUT2D eigenvalue weighted by molar-refractivity contribution is -0.105. The Kier molecular flexibility index (Phi) is 4.98. The van der Waals surface area contributed by atoms with Crippen molar-refractivity contribution < 1.29 is 14.3 Å². The molecule has 0 bridgehead atoms. The van der Waals surface area contributed by atoms with E-state index in [1.807, 2.05) is 36.4 Å². The summed E-state index contributed by atoms with van der Waals surface area (Å²) in [5, 5.41) is 2.82. The molecule has 0 unspecified atom stereocenters. The number of aromatic nitrogens is 1. The summed E-state index contributed by atoms with van der Waals surface area (Å²) in [5.41, 5.74) is 1.33. The van der Waals surface area contributed by atoms with E-state index in [1.54, 1.807) is 30.5 Å². The molecule has 0 atom stereocenters. The topological polar surface area (TPSA) is 69.6 Å². The first-order valence-electron chi connectivity index (χ1n) is 10.7. The van der Waals surface area contributed by atoms with E-state index in [4.69, 9.17) is 9.47 Å². The third-order valence-electron chi connectivity index (χ3n) is 5.87. The zero-order valence-electron chi connectivity index (χ0n) is 17.2. The van der Waals surface area contributed by atoms with Crippen LogP contribution in [0.15, 0.2) is 71.7 Å². The maximum atomic E-state index is 12.9. The summed E-state index contributed by atoms with van der Waals surface area (Å²) in [6.45, 7) is 0.410. The number of anilines is 1. The average molecular weight is 416 g/mol. The van der Waals surface area contributed by atoms with Crippen LogP contribution in [0.25, 0.3) is 0 Å². The second-order valence-electron chi connectivity index (χ2n) is 8.13. The summed E-state index contributed by atoms with van der Waals surface area (Å²) in [6, 6.07) is 18.3. The zero-order valence-corrected chi connectivity index (χ0v) is 17.2. The highest BCUT2D eigenvalue weighted by molar-refractivity contribution is 6.04. The first-order valence-corrected chi connectivity index (χ1v) is 10.7. The van der Waals surface area contributed by atoms with E-state index in [0.29, 0.717) is 23.7 Å². The van der Waals surface area contributed by atoms with E-state index in [2.05, 4.69) is 5.32 Å². The second-order valence-corrected chi connectivity index (χ2v) is 8.13. The number of hydrogen-bond donors (Lipinski definition) is 1. The number of carbonyl (C=O) groups is 1. The number of fused-ring (bicyclic) bond motifs is 1. The minimum absolute atomic E-state index is 0.0971. The van der Waals surface area contributed by atoms with Crippen molar-refractivity contribution in [3.8, 4) is 11.5 Å². The monoisotopic (exact) mass is 416 g/mol. The lowest BCUT2D eigenvalue weighted by Crippen LogP contribution is -2.40. The van der Waals surface area contributed by atoms with Crippen LogP contribution >= 0.6 is 0 Å². The van der Waals surface area contributed by atoms with Crippen LogP contribution in [-0.2, 0) is 6.54 Å². The van der Waals surface area contributed by atoms with Gasteiger partial charge in [-0.1, -0.05) is 36.8 Å². The fourth-order valence-corrected chi connectivity index (χ4v) is 4.28. The molecule has 1 amide bonds. The summed E-state index contributed by atoms with van der Waals surface area (Å²) in [5.74, 6) is 0.325. The Labute approximate surface area is 180 Å². The highest BCUT2D eigenvalue weighted by Gasteiger charge is 2.42. The molecular formula is C25H24N2O4. The number of hydrogen-bond acceptors (Lipinski definition) is 4. The van der Waals surface area contributed by atoms with Gasteiger partial charge in [0, 0.05) is 30.8 Å². The summed E-state index contributed by atoms with van der Waals surface area (Å²) in [4.78, 5) is 25.7. The van der Waals surface area contributed by atoms with Gasteiger partial charge in [-0.15, -0.1) is 0 Å². The maximum absolute atomic E-state index is 12.9. The van der Waals surface area contributed by atoms with E-state index in [0.717, 1.165) is 31.2 Å². The first kappa shape index (κ1) is 19.4. The van der Waals surface area contributed by atoms with Gasteiger partial charge in [-0.05, 0) is 42.7 Å². The number of pyridine rings is 1. The van der Waals surface area contributed by atoms with E-state index in [-0.39, 0.29) is 11.1 Å². The Morgan fingerprint density at radius 1 is 0.935 bits per heavy atom. The van der Waals surface area contributed by atoms with Crippen molar-refractivity contribution in [1.29, 1.82) is 0 Å². The largest absolute Gasteiger partial charge is 0.448 e. The van der Waals surface area contributed by atoms with Crippen molar-refractivity contribution >= 4 is 11.6 Å². The normalized spacial score (nSPS) is 16.3. The predicted molar refractivity (Wildman–Crippen MR) is 118 cm³/mol. The van der Waals surface area contributed by atoms with Crippen LogP contribution in [0.1, 0.15) is 48.0 Å². The van der Waals surface area contributed by atoms with Crippen molar-refractivity contribution in [2.24, 2.45) is 0 Å². The Hall–Kier alpha value is -3.54. The molecule has 1 aliphatic heterocycles. The molecule has 3 aromatic rings. The van der Waals surface area contributed by atoms with E-state index in [9.17, 15) is 9.59 Å². The molecule has 2 heterocycles. The third kappa shape index (κ3) is 3.93. The first-order chi connectivity index (χ1) is 15.1. The Morgan fingerprint density at radius 2 is 1.71 bits per heavy atom. The molecular weight excluding hydrogens is 392 g/mol. The van der Waals surface area contributed by atoms with Crippen molar-refractivity contribution in [2.75, 3.05) is 5.32 Å². The van der Waals surface area contributed by atoms with Gasteiger partial charge >= 0.3 is 0 Å². The van der Waals surface area contributed by atoms with Crippen LogP contribution in [0.2, 0.25) is 0 Å². The molecule has 1 spiro atoms. The second kappa shape index (κ2) is 7.95. The summed E-state index contributed by atoms with van der Waals surface area (Å²) in [7, 11) is 0. The third-order valence-corrected chi connectivity index (χ3v) is 5.87. The van der Waals surface area contributed by atoms with Gasteiger partial charge in [0.05, 0.1) is 6.54 Å². The fourth-order valence-electron chi connectivity index (χ4n) is 4.28. The molecule has 1 aliphatic carbocycles. The van der Waals surface area contributed by atoms with Gasteiger partial charge < -0.3 is 19.4 Å². The highest BCUT2D eigenvalue weighted by atomic mass is 16.7. The molecule has 6 heteroatoms. The lowest BCUT2D eigenvalue weighted by atomic mass is 9.94. The van der Waals surface area contributed by atoms with Crippen LogP contribution in [0.3, 0.4) is 0 Å². The van der Waals surface area contributed by atoms with Gasteiger partial charge in [0.15, 0.2) is 11.5 Å². The Bertz CT molecular complexity index is 1160. The van der Waals surface area contributed by atoms with E-state index < -0.39 is 11.7 Å². The molecule has 0 radical (unpaired) electrons. The summed E-state index contributed by atoms with van der Waals surface area (Å²) >= 11 is 0. The Balaban J connectivity index is 1.33. The molecule has 6 nitrogen and oxygen atoms in total. The molecule has 1 aromatic heterocycles. The summed E-state index contributed by atoms with van der Waals surface area (Å²) < 4.78 is 13.8. The number of nitrogens with one attached hydrogen (secondary N) is 1. The van der Waals surface area contributed by atoms with Crippen molar-refractivity contribution in [3.05, 3.63) is 88.3 Å². The minimum Gasteiger partial charge on any atom is -0.448 e. The van der Waals surface area contributed by atoms with Crippen LogP contribution in [-0.4, -0.2) is 16.3 Å². The zero-order chi connectivity index (χ0) is 21.3. The van der Waals surface area contributed by atoms with Gasteiger partial charge in [0.25, 0.3) is 17.3 Å². The van der Waals surface area contributed by atoms with Crippen molar-refractivity contribution in [3.63, 3.8) is 0 Å². The smallest absolute Gasteiger partial charge is 0.263 e. The minimum atomic E-state index is -0.562. The SMILES string of the molecule is O=C(Nc1ccc2c(c1)OC1(CCCCC1)O2)c1cccn(Cc2ccccc2)c1=O. The van der Waals surface area contributed by atoms with Crippen LogP contribution in [0.5, 0.6) is 11.5 Å². The quantitative estimate of drug-likeness (QED) is 0.676. The predicted octanol–water partition coefficient (Wildman–Crippen LogP) is 4.58. The maximum Gasteiger partial charge on any atom is 0.263 e. The Morgan fingerprint density at radius 3 is 2.52 bits per heavy atom. The molecule has 1 fully saturated rings. The van der Waals surface area contributed by atoms with E-state index in [1.165, 1.54) is 11.0 Å².